The smallest absolute Gasteiger partial charge is 0.0947 e. The van der Waals surface area contributed by atoms with Gasteiger partial charge in [0.2, 0.25) is 0 Å². The van der Waals surface area contributed by atoms with Crippen LogP contribution in [0, 0.1) is 0 Å². The second kappa shape index (κ2) is 3.50. The molecule has 0 aliphatic carbocycles. The molecule has 1 aromatic rings. The molecule has 62 valence electrons. The van der Waals surface area contributed by atoms with Gasteiger partial charge in [0, 0.05) is 19.9 Å². The van der Waals surface area contributed by atoms with Crippen LogP contribution >= 0.6 is 0 Å². The molecule has 3 N–H and O–H groups in total. The van der Waals surface area contributed by atoms with E-state index in [0.717, 1.165) is 5.69 Å². The van der Waals surface area contributed by atoms with Gasteiger partial charge in [0.15, 0.2) is 0 Å². The van der Waals surface area contributed by atoms with Crippen LogP contribution in [0.4, 0.5) is 0 Å². The average Bonchev–Trinajstić information content (AvgIpc) is 2.36. The number of aliphatic hydroxyl groups excluding tert-OH is 1. The molecule has 0 amide bonds. The van der Waals surface area contributed by atoms with Crippen LogP contribution in [0.3, 0.4) is 0 Å². The Balaban J connectivity index is 2.60. The summed E-state index contributed by atoms with van der Waals surface area (Å²) in [6.45, 7) is 0.109. The number of rotatable bonds is 3. The molecule has 0 aromatic carbocycles. The van der Waals surface area contributed by atoms with Crippen molar-refractivity contribution in [2.45, 2.75) is 12.5 Å². The maximum Gasteiger partial charge on any atom is 0.0947 e. The number of hydrogen-bond donors (Lipinski definition) is 2. The maximum atomic E-state index is 8.59. The van der Waals surface area contributed by atoms with E-state index in [4.69, 9.17) is 10.8 Å². The van der Waals surface area contributed by atoms with Crippen molar-refractivity contribution in [3.05, 3.63) is 18.2 Å². The number of hydrogen-bond acceptors (Lipinski definition) is 3. The zero-order valence-corrected chi connectivity index (χ0v) is 6.57. The minimum atomic E-state index is -0.138. The Morgan fingerprint density at radius 3 is 3.00 bits per heavy atom. The molecule has 0 fully saturated rings. The number of aliphatic hydroxyl groups is 1. The van der Waals surface area contributed by atoms with Gasteiger partial charge in [-0.2, -0.15) is 0 Å². The Bertz CT molecular complexity index is 221. The second-order valence-corrected chi connectivity index (χ2v) is 2.58. The van der Waals surface area contributed by atoms with Gasteiger partial charge in [-0.25, -0.2) is 4.98 Å². The molecule has 0 spiro atoms. The minimum absolute atomic E-state index is 0.109. The largest absolute Gasteiger partial charge is 0.396 e. The predicted octanol–water partition coefficient (Wildman–Crippen LogP) is -0.198. The molecular weight excluding hydrogens is 142 g/mol. The Kier molecular flexibility index (Phi) is 2.62. The van der Waals surface area contributed by atoms with Gasteiger partial charge in [-0.15, -0.1) is 0 Å². The zero-order chi connectivity index (χ0) is 8.27. The Hall–Kier alpha value is -0.870. The molecule has 0 aliphatic rings. The van der Waals surface area contributed by atoms with Crippen LogP contribution < -0.4 is 5.73 Å². The normalized spacial score (nSPS) is 13.4. The highest BCUT2D eigenvalue weighted by atomic mass is 16.3. The number of aryl methyl sites for hydroxylation is 1. The van der Waals surface area contributed by atoms with E-state index >= 15 is 0 Å². The van der Waals surface area contributed by atoms with Gasteiger partial charge in [0.1, 0.15) is 0 Å². The SMILES string of the molecule is Cn1cnc(C(N)CCO)c1. The lowest BCUT2D eigenvalue weighted by molar-refractivity contribution is 0.275. The van der Waals surface area contributed by atoms with Crippen LogP contribution in [0.5, 0.6) is 0 Å². The fourth-order valence-electron chi connectivity index (χ4n) is 0.911. The van der Waals surface area contributed by atoms with Gasteiger partial charge in [-0.1, -0.05) is 0 Å². The number of nitrogens with zero attached hydrogens (tertiary/aromatic N) is 2. The molecule has 1 rings (SSSR count). The monoisotopic (exact) mass is 155 g/mol. The highest BCUT2D eigenvalue weighted by molar-refractivity contribution is 5.02. The standard InChI is InChI=1S/C7H13N3O/c1-10-4-7(9-5-10)6(8)2-3-11/h4-6,11H,2-3,8H2,1H3. The summed E-state index contributed by atoms with van der Waals surface area (Å²) in [7, 11) is 1.89. The van der Waals surface area contributed by atoms with Gasteiger partial charge >= 0.3 is 0 Å². The summed E-state index contributed by atoms with van der Waals surface area (Å²) in [6.07, 6.45) is 4.13. The third kappa shape index (κ3) is 2.03. The van der Waals surface area contributed by atoms with Crippen molar-refractivity contribution in [2.75, 3.05) is 6.61 Å². The average molecular weight is 155 g/mol. The van der Waals surface area contributed by atoms with Crippen molar-refractivity contribution in [3.8, 4) is 0 Å². The third-order valence-electron chi connectivity index (χ3n) is 1.54. The molecule has 4 nitrogen and oxygen atoms in total. The molecular formula is C7H13N3O. The topological polar surface area (TPSA) is 64.1 Å². The lowest BCUT2D eigenvalue weighted by Crippen LogP contribution is -2.12. The molecule has 1 atom stereocenters. The van der Waals surface area contributed by atoms with Crippen LogP contribution in [-0.2, 0) is 7.05 Å². The van der Waals surface area contributed by atoms with Gasteiger partial charge in [0.25, 0.3) is 0 Å². The molecule has 0 bridgehead atoms. The van der Waals surface area contributed by atoms with E-state index in [2.05, 4.69) is 4.98 Å². The van der Waals surface area contributed by atoms with Crippen molar-refractivity contribution < 1.29 is 5.11 Å². The van der Waals surface area contributed by atoms with Crippen molar-refractivity contribution in [3.63, 3.8) is 0 Å². The Morgan fingerprint density at radius 1 is 1.82 bits per heavy atom. The van der Waals surface area contributed by atoms with Crippen LogP contribution in [-0.4, -0.2) is 21.3 Å². The molecule has 0 radical (unpaired) electrons. The summed E-state index contributed by atoms with van der Waals surface area (Å²) >= 11 is 0. The van der Waals surface area contributed by atoms with E-state index in [1.54, 1.807) is 6.33 Å². The summed E-state index contributed by atoms with van der Waals surface area (Å²) in [5, 5.41) is 8.59. The number of imidazole rings is 1. The molecule has 0 saturated carbocycles. The van der Waals surface area contributed by atoms with E-state index in [1.807, 2.05) is 17.8 Å². The maximum absolute atomic E-state index is 8.59. The Labute approximate surface area is 65.7 Å². The van der Waals surface area contributed by atoms with Crippen molar-refractivity contribution in [1.29, 1.82) is 0 Å². The predicted molar refractivity (Wildman–Crippen MR) is 41.8 cm³/mol. The van der Waals surface area contributed by atoms with Gasteiger partial charge < -0.3 is 15.4 Å². The number of nitrogens with two attached hydrogens (primary N) is 1. The highest BCUT2D eigenvalue weighted by Crippen LogP contribution is 2.09. The molecule has 1 aromatic heterocycles. The van der Waals surface area contributed by atoms with E-state index in [9.17, 15) is 0 Å². The first kappa shape index (κ1) is 8.23. The van der Waals surface area contributed by atoms with Gasteiger partial charge in [0.05, 0.1) is 18.1 Å². The molecule has 0 aliphatic heterocycles. The lowest BCUT2D eigenvalue weighted by atomic mass is 10.2. The quantitative estimate of drug-likeness (QED) is 0.635. The van der Waals surface area contributed by atoms with Crippen molar-refractivity contribution >= 4 is 0 Å². The van der Waals surface area contributed by atoms with Crippen LogP contribution in [0.25, 0.3) is 0 Å². The Morgan fingerprint density at radius 2 is 2.55 bits per heavy atom. The first-order chi connectivity index (χ1) is 5.24. The van der Waals surface area contributed by atoms with Gasteiger partial charge in [-0.05, 0) is 6.42 Å². The first-order valence-corrected chi connectivity index (χ1v) is 3.58. The summed E-state index contributed by atoms with van der Waals surface area (Å²) < 4.78 is 1.84. The molecule has 1 heterocycles. The third-order valence-corrected chi connectivity index (χ3v) is 1.54. The van der Waals surface area contributed by atoms with E-state index in [-0.39, 0.29) is 12.6 Å². The summed E-state index contributed by atoms with van der Waals surface area (Å²) in [4.78, 5) is 4.06. The molecule has 11 heavy (non-hydrogen) atoms. The van der Waals surface area contributed by atoms with Crippen LogP contribution in [0.1, 0.15) is 18.2 Å². The fourth-order valence-corrected chi connectivity index (χ4v) is 0.911. The van der Waals surface area contributed by atoms with Crippen LogP contribution in [0.15, 0.2) is 12.5 Å². The van der Waals surface area contributed by atoms with Crippen LogP contribution in [0.2, 0.25) is 0 Å². The van der Waals surface area contributed by atoms with E-state index in [0.29, 0.717) is 6.42 Å². The van der Waals surface area contributed by atoms with E-state index in [1.165, 1.54) is 0 Å². The minimum Gasteiger partial charge on any atom is -0.396 e. The lowest BCUT2D eigenvalue weighted by Gasteiger charge is -2.04. The number of aromatic nitrogens is 2. The molecule has 4 heteroatoms. The fraction of sp³-hybridized carbons (Fsp3) is 0.571. The zero-order valence-electron chi connectivity index (χ0n) is 6.57. The highest BCUT2D eigenvalue weighted by Gasteiger charge is 2.06. The summed E-state index contributed by atoms with van der Waals surface area (Å²) in [6, 6.07) is -0.138. The first-order valence-electron chi connectivity index (χ1n) is 3.58. The van der Waals surface area contributed by atoms with Crippen molar-refractivity contribution in [2.24, 2.45) is 12.8 Å². The van der Waals surface area contributed by atoms with E-state index < -0.39 is 0 Å². The summed E-state index contributed by atoms with van der Waals surface area (Å²) in [5.74, 6) is 0. The van der Waals surface area contributed by atoms with Gasteiger partial charge in [-0.3, -0.25) is 0 Å². The summed E-state index contributed by atoms with van der Waals surface area (Å²) in [5.41, 5.74) is 6.52. The van der Waals surface area contributed by atoms with Crippen molar-refractivity contribution in [1.82, 2.24) is 9.55 Å². The molecule has 0 saturated heterocycles. The second-order valence-electron chi connectivity index (χ2n) is 2.58. The molecule has 1 unspecified atom stereocenters.